The van der Waals surface area contributed by atoms with Crippen LogP contribution in [0.4, 0.5) is 28.4 Å². The summed E-state index contributed by atoms with van der Waals surface area (Å²) in [7, 11) is 0.815. The Morgan fingerprint density at radius 3 is 2.51 bits per heavy atom. The van der Waals surface area contributed by atoms with Gasteiger partial charge in [0, 0.05) is 25.2 Å². The number of nitrogens with zero attached hydrogens (tertiary/aromatic N) is 4. The predicted molar refractivity (Wildman–Crippen MR) is 116 cm³/mol. The number of fused-ring (bicyclic) bond motifs is 1. The second kappa shape index (κ2) is 8.43. The second-order valence-electron chi connectivity index (χ2n) is 7.09. The van der Waals surface area contributed by atoms with Crippen LogP contribution in [-0.2, 0) is 13.2 Å². The lowest BCUT2D eigenvalue weighted by atomic mass is 10.1. The highest BCUT2D eigenvalue weighted by Crippen LogP contribution is 2.30. The van der Waals surface area contributed by atoms with Gasteiger partial charge >= 0.3 is 11.9 Å². The molecule has 180 valence electrons. The van der Waals surface area contributed by atoms with Crippen molar-refractivity contribution in [3.05, 3.63) is 90.5 Å². The van der Waals surface area contributed by atoms with Crippen LogP contribution in [0.2, 0.25) is 0 Å². The van der Waals surface area contributed by atoms with Crippen LogP contribution in [0.25, 0.3) is 15.9 Å². The van der Waals surface area contributed by atoms with Crippen molar-refractivity contribution < 1.29 is 27.3 Å². The number of aromatic nitrogens is 3. The first kappa shape index (κ1) is 23.7. The van der Waals surface area contributed by atoms with Gasteiger partial charge in [0.15, 0.2) is 5.13 Å². The zero-order valence-corrected chi connectivity index (χ0v) is 18.1. The van der Waals surface area contributed by atoms with Crippen molar-refractivity contribution in [2.45, 2.75) is 6.18 Å². The van der Waals surface area contributed by atoms with Gasteiger partial charge in [0.25, 0.3) is 17.2 Å². The standard InChI is InChI=1S/C20H11F4N5O5S/c1-27-15(20(22,23)24)8-16(30)28(19(27)32)9-2-4-12(21)11(6-9)17(31)26-18-25-13-5-3-10(29(33)34)7-14(13)35-18/h2-8H,1H3,(H,25,26,31). The molecule has 2 aromatic carbocycles. The van der Waals surface area contributed by atoms with Gasteiger partial charge in [-0.25, -0.2) is 18.7 Å². The van der Waals surface area contributed by atoms with Crippen LogP contribution in [0, 0.1) is 15.9 Å². The fraction of sp³-hybridized carbons (Fsp3) is 0.100. The lowest BCUT2D eigenvalue weighted by Gasteiger charge is -2.14. The number of nitrogens with one attached hydrogen (secondary N) is 1. The molecule has 0 atom stereocenters. The van der Waals surface area contributed by atoms with Gasteiger partial charge in [0.1, 0.15) is 11.5 Å². The van der Waals surface area contributed by atoms with Crippen molar-refractivity contribution >= 4 is 38.3 Å². The van der Waals surface area contributed by atoms with Gasteiger partial charge in [-0.3, -0.25) is 29.6 Å². The summed E-state index contributed by atoms with van der Waals surface area (Å²) >= 11 is 0.884. The summed E-state index contributed by atoms with van der Waals surface area (Å²) in [5, 5.41) is 13.2. The number of anilines is 1. The molecule has 1 N–H and O–H groups in total. The normalized spacial score (nSPS) is 11.6. The van der Waals surface area contributed by atoms with Gasteiger partial charge in [-0.05, 0) is 24.3 Å². The highest BCUT2D eigenvalue weighted by Gasteiger charge is 2.35. The van der Waals surface area contributed by atoms with Crippen LogP contribution in [0.1, 0.15) is 16.1 Å². The predicted octanol–water partition coefficient (Wildman–Crippen LogP) is 3.46. The smallest absolute Gasteiger partial charge is 0.298 e. The summed E-state index contributed by atoms with van der Waals surface area (Å²) in [5.74, 6) is -2.07. The number of hydrogen-bond acceptors (Lipinski definition) is 7. The number of benzene rings is 2. The summed E-state index contributed by atoms with van der Waals surface area (Å²) in [4.78, 5) is 51.8. The maximum absolute atomic E-state index is 14.4. The molecule has 0 aliphatic rings. The number of carbonyl (C=O) groups is 1. The quantitative estimate of drug-likeness (QED) is 0.255. The molecule has 0 spiro atoms. The molecule has 4 aromatic rings. The Morgan fingerprint density at radius 2 is 1.86 bits per heavy atom. The molecule has 0 aliphatic carbocycles. The third-order valence-electron chi connectivity index (χ3n) is 4.87. The van der Waals surface area contributed by atoms with E-state index in [1.54, 1.807) is 0 Å². The van der Waals surface area contributed by atoms with E-state index >= 15 is 0 Å². The number of nitro benzene ring substituents is 1. The summed E-state index contributed by atoms with van der Waals surface area (Å²) < 4.78 is 54.6. The molecule has 2 aromatic heterocycles. The average molecular weight is 509 g/mol. The van der Waals surface area contributed by atoms with E-state index in [0.29, 0.717) is 14.8 Å². The van der Waals surface area contributed by atoms with E-state index < -0.39 is 45.3 Å². The van der Waals surface area contributed by atoms with Gasteiger partial charge in [-0.2, -0.15) is 13.2 Å². The monoisotopic (exact) mass is 509 g/mol. The van der Waals surface area contributed by atoms with Crippen molar-refractivity contribution in [1.29, 1.82) is 0 Å². The third kappa shape index (κ3) is 4.40. The number of nitro groups is 1. The molecule has 2 heterocycles. The van der Waals surface area contributed by atoms with Crippen LogP contribution in [0.3, 0.4) is 0 Å². The number of non-ortho nitro benzene ring substituents is 1. The maximum atomic E-state index is 14.4. The molecule has 0 saturated heterocycles. The minimum atomic E-state index is -4.96. The van der Waals surface area contributed by atoms with Gasteiger partial charge in [0.2, 0.25) is 0 Å². The van der Waals surface area contributed by atoms with Gasteiger partial charge in [-0.1, -0.05) is 11.3 Å². The average Bonchev–Trinajstić information content (AvgIpc) is 3.17. The van der Waals surface area contributed by atoms with Crippen LogP contribution in [0.15, 0.2) is 52.1 Å². The van der Waals surface area contributed by atoms with E-state index in [4.69, 9.17) is 0 Å². The third-order valence-corrected chi connectivity index (χ3v) is 5.80. The van der Waals surface area contributed by atoms with Crippen molar-refractivity contribution in [3.63, 3.8) is 0 Å². The van der Waals surface area contributed by atoms with Gasteiger partial charge in [-0.15, -0.1) is 0 Å². The fourth-order valence-corrected chi connectivity index (χ4v) is 4.10. The lowest BCUT2D eigenvalue weighted by molar-refractivity contribution is -0.384. The number of carbonyl (C=O) groups excluding carboxylic acids is 1. The molecule has 4 rings (SSSR count). The summed E-state index contributed by atoms with van der Waals surface area (Å²) in [6.07, 6.45) is -4.96. The second-order valence-corrected chi connectivity index (χ2v) is 8.12. The Balaban J connectivity index is 1.72. The Kier molecular flexibility index (Phi) is 5.72. The first-order valence-corrected chi connectivity index (χ1v) is 10.2. The molecule has 1 amide bonds. The van der Waals surface area contributed by atoms with Crippen molar-refractivity contribution in [2.75, 3.05) is 5.32 Å². The molecular formula is C20H11F4N5O5S. The molecule has 0 fully saturated rings. The van der Waals surface area contributed by atoms with E-state index in [1.165, 1.54) is 18.2 Å². The van der Waals surface area contributed by atoms with E-state index in [-0.39, 0.29) is 27.1 Å². The number of amides is 1. The van der Waals surface area contributed by atoms with E-state index in [0.717, 1.165) is 36.6 Å². The van der Waals surface area contributed by atoms with E-state index in [9.17, 15) is 42.1 Å². The summed E-state index contributed by atoms with van der Waals surface area (Å²) in [6, 6.07) is 6.61. The largest absolute Gasteiger partial charge is 0.431 e. The number of hydrogen-bond donors (Lipinski definition) is 1. The van der Waals surface area contributed by atoms with Crippen molar-refractivity contribution in [3.8, 4) is 5.69 Å². The molecule has 10 nitrogen and oxygen atoms in total. The zero-order chi connectivity index (χ0) is 25.7. The molecular weight excluding hydrogens is 498 g/mol. The highest BCUT2D eigenvalue weighted by atomic mass is 32.1. The SMILES string of the molecule is Cn1c(C(F)(F)F)cc(=O)n(-c2ccc(F)c(C(=O)Nc3nc4ccc([N+](=O)[O-])cc4s3)c2)c1=O. The fourth-order valence-electron chi connectivity index (χ4n) is 3.21. The molecule has 15 heteroatoms. The van der Waals surface area contributed by atoms with Gasteiger partial charge < -0.3 is 0 Å². The van der Waals surface area contributed by atoms with Crippen LogP contribution < -0.4 is 16.6 Å². The zero-order valence-electron chi connectivity index (χ0n) is 17.3. The molecule has 0 aliphatic heterocycles. The molecule has 0 unspecified atom stereocenters. The molecule has 0 bridgehead atoms. The molecule has 35 heavy (non-hydrogen) atoms. The van der Waals surface area contributed by atoms with Crippen LogP contribution in [0.5, 0.6) is 0 Å². The van der Waals surface area contributed by atoms with Gasteiger partial charge in [0.05, 0.1) is 26.4 Å². The number of halogens is 4. The molecule has 0 saturated carbocycles. The summed E-state index contributed by atoms with van der Waals surface area (Å²) in [6.45, 7) is 0. The molecule has 0 radical (unpaired) electrons. The van der Waals surface area contributed by atoms with Crippen LogP contribution >= 0.6 is 11.3 Å². The topological polar surface area (TPSA) is 129 Å². The Hall–Kier alpha value is -4.40. The van der Waals surface area contributed by atoms with Crippen LogP contribution in [-0.4, -0.2) is 24.9 Å². The van der Waals surface area contributed by atoms with Crippen molar-refractivity contribution in [2.24, 2.45) is 7.05 Å². The first-order valence-electron chi connectivity index (χ1n) is 9.43. The number of thiazole rings is 1. The lowest BCUT2D eigenvalue weighted by Crippen LogP contribution is -2.40. The Morgan fingerprint density at radius 1 is 1.14 bits per heavy atom. The first-order chi connectivity index (χ1) is 16.4. The minimum absolute atomic E-state index is 0.0158. The minimum Gasteiger partial charge on any atom is -0.298 e. The maximum Gasteiger partial charge on any atom is 0.431 e. The highest BCUT2D eigenvalue weighted by molar-refractivity contribution is 7.22. The Bertz CT molecular complexity index is 1640. The Labute approximate surface area is 194 Å². The summed E-state index contributed by atoms with van der Waals surface area (Å²) in [5.41, 5.74) is -4.97. The van der Waals surface area contributed by atoms with Crippen molar-refractivity contribution in [1.82, 2.24) is 14.1 Å². The van der Waals surface area contributed by atoms with E-state index in [2.05, 4.69) is 10.3 Å². The number of alkyl halides is 3. The number of rotatable bonds is 4. The van der Waals surface area contributed by atoms with E-state index in [1.807, 2.05) is 0 Å².